The van der Waals surface area contributed by atoms with Crippen molar-refractivity contribution in [3.8, 4) is 17.3 Å². The summed E-state index contributed by atoms with van der Waals surface area (Å²) in [6, 6.07) is 6.89. The highest BCUT2D eigenvalue weighted by atomic mass is 19.4. The molecule has 1 atom stereocenters. The van der Waals surface area contributed by atoms with Gasteiger partial charge < -0.3 is 24.9 Å². The zero-order chi connectivity index (χ0) is 28.6. The first-order chi connectivity index (χ1) is 18.2. The van der Waals surface area contributed by atoms with Crippen LogP contribution in [0.25, 0.3) is 11.6 Å². The Balaban J connectivity index is 1.85. The van der Waals surface area contributed by atoms with E-state index in [9.17, 15) is 36.2 Å². The summed E-state index contributed by atoms with van der Waals surface area (Å²) in [4.78, 5) is 18.4. The molecule has 0 aliphatic carbocycles. The second kappa shape index (κ2) is 10.4. The molecule has 3 heterocycles. The quantitative estimate of drug-likeness (QED) is 0.442. The van der Waals surface area contributed by atoms with Crippen LogP contribution in [0.1, 0.15) is 53.2 Å². The smallest absolute Gasteiger partial charge is 0.426 e. The van der Waals surface area contributed by atoms with Crippen LogP contribution in [0.5, 0.6) is 5.75 Å². The number of fused-ring (bicyclic) bond motifs is 5. The van der Waals surface area contributed by atoms with Crippen molar-refractivity contribution < 1.29 is 45.4 Å². The van der Waals surface area contributed by atoms with Crippen molar-refractivity contribution in [2.75, 3.05) is 19.4 Å². The number of benzene rings is 1. The highest BCUT2D eigenvalue weighted by Crippen LogP contribution is 2.43. The molecule has 2 aromatic heterocycles. The molecule has 1 amide bonds. The number of halogens is 6. The third-order valence-electron chi connectivity index (χ3n) is 6.30. The number of anilines is 1. The average molecular weight is 559 g/mol. The number of methoxy groups -OCH3 is 1. The Bertz CT molecular complexity index is 1340. The number of aromatic nitrogens is 3. The van der Waals surface area contributed by atoms with Gasteiger partial charge in [0.05, 0.1) is 18.4 Å². The zero-order valence-corrected chi connectivity index (χ0v) is 20.4. The lowest BCUT2D eigenvalue weighted by molar-refractivity contribution is -0.277. The van der Waals surface area contributed by atoms with Crippen molar-refractivity contribution in [1.29, 1.82) is 0 Å². The fourth-order valence-electron chi connectivity index (χ4n) is 4.15. The Labute approximate surface area is 217 Å². The number of nitrogens with zero attached hydrogens (tertiary/aromatic N) is 4. The molecule has 1 aliphatic heterocycles. The summed E-state index contributed by atoms with van der Waals surface area (Å²) >= 11 is 0. The molecule has 1 unspecified atom stereocenters. The fraction of sp³-hybridized carbons (Fsp3) is 0.417. The van der Waals surface area contributed by atoms with Crippen molar-refractivity contribution in [3.63, 3.8) is 0 Å². The van der Waals surface area contributed by atoms with E-state index in [-0.39, 0.29) is 32.4 Å². The van der Waals surface area contributed by atoms with Crippen molar-refractivity contribution in [3.05, 3.63) is 53.0 Å². The highest BCUT2D eigenvalue weighted by molar-refractivity contribution is 5.95. The number of ether oxygens (including phenoxy) is 1. The average Bonchev–Trinajstić information content (AvgIpc) is 3.36. The van der Waals surface area contributed by atoms with Crippen LogP contribution in [0.3, 0.4) is 0 Å². The standard InChI is InChI=1S/C24H23F6N5O4/c1-38-14-7-5-13(6-8-14)12-35-10-4-2-3-9-22(37,24(28,29)30)21-34-33-19(39-21)18-16(31)11-15(23(25,26)27)17(32-18)20(35)36/h5-8,11,37H,2-4,9-10,12,31H2,1H3. The van der Waals surface area contributed by atoms with Crippen LogP contribution in [0.15, 0.2) is 34.7 Å². The normalized spacial score (nSPS) is 19.1. The number of pyridine rings is 1. The number of aliphatic hydroxyl groups is 1. The molecule has 3 aromatic rings. The van der Waals surface area contributed by atoms with Gasteiger partial charge in [-0.2, -0.15) is 26.3 Å². The second-order valence-electron chi connectivity index (χ2n) is 8.98. The summed E-state index contributed by atoms with van der Waals surface area (Å²) in [6.45, 7) is -0.231. The number of nitrogen functional groups attached to an aromatic ring is 1. The zero-order valence-electron chi connectivity index (χ0n) is 20.4. The summed E-state index contributed by atoms with van der Waals surface area (Å²) in [5.41, 5.74) is -0.984. The second-order valence-corrected chi connectivity index (χ2v) is 8.98. The molecule has 0 radical (unpaired) electrons. The van der Waals surface area contributed by atoms with Gasteiger partial charge in [0.25, 0.3) is 17.7 Å². The molecule has 1 aromatic carbocycles. The molecule has 39 heavy (non-hydrogen) atoms. The number of nitrogens with two attached hydrogens (primary N) is 1. The Morgan fingerprint density at radius 1 is 1.08 bits per heavy atom. The maximum absolute atomic E-state index is 14.0. The molecule has 4 rings (SSSR count). The van der Waals surface area contributed by atoms with Gasteiger partial charge >= 0.3 is 12.4 Å². The third-order valence-corrected chi connectivity index (χ3v) is 6.30. The summed E-state index contributed by atoms with van der Waals surface area (Å²) in [5.74, 6) is -2.56. The largest absolute Gasteiger partial charge is 0.497 e. The van der Waals surface area contributed by atoms with Gasteiger partial charge in [-0.25, -0.2) is 4.98 Å². The van der Waals surface area contributed by atoms with Gasteiger partial charge in [0, 0.05) is 13.1 Å². The molecule has 0 spiro atoms. The minimum Gasteiger partial charge on any atom is -0.497 e. The molecule has 210 valence electrons. The van der Waals surface area contributed by atoms with Gasteiger partial charge in [-0.05, 0) is 43.0 Å². The molecule has 0 saturated carbocycles. The molecule has 3 N–H and O–H groups in total. The van der Waals surface area contributed by atoms with Gasteiger partial charge in [-0.1, -0.05) is 18.6 Å². The van der Waals surface area contributed by atoms with Gasteiger partial charge in [-0.3, -0.25) is 4.79 Å². The first-order valence-corrected chi connectivity index (χ1v) is 11.7. The van der Waals surface area contributed by atoms with E-state index in [4.69, 9.17) is 14.9 Å². The number of hydrogen-bond acceptors (Lipinski definition) is 8. The number of amides is 1. The maximum atomic E-state index is 14.0. The van der Waals surface area contributed by atoms with Gasteiger partial charge in [0.15, 0.2) is 5.69 Å². The van der Waals surface area contributed by atoms with E-state index in [1.165, 1.54) is 7.11 Å². The highest BCUT2D eigenvalue weighted by Gasteiger charge is 2.58. The van der Waals surface area contributed by atoms with E-state index in [1.807, 2.05) is 0 Å². The van der Waals surface area contributed by atoms with E-state index < -0.39 is 64.7 Å². The number of carbonyl (C=O) groups is 1. The molecule has 4 bridgehead atoms. The van der Waals surface area contributed by atoms with Crippen molar-refractivity contribution in [1.82, 2.24) is 20.1 Å². The van der Waals surface area contributed by atoms with Crippen LogP contribution in [0, 0.1) is 0 Å². The van der Waals surface area contributed by atoms with Crippen LogP contribution < -0.4 is 10.5 Å². The molecular weight excluding hydrogens is 536 g/mol. The maximum Gasteiger partial charge on any atom is 0.426 e. The molecule has 0 saturated heterocycles. The van der Waals surface area contributed by atoms with Crippen molar-refractivity contribution in [2.24, 2.45) is 0 Å². The van der Waals surface area contributed by atoms with Crippen LogP contribution in [-0.4, -0.2) is 50.9 Å². The van der Waals surface area contributed by atoms with E-state index in [0.717, 1.165) is 4.90 Å². The number of carbonyl (C=O) groups excluding carboxylic acids is 1. The lowest BCUT2D eigenvalue weighted by Gasteiger charge is -2.27. The fourth-order valence-corrected chi connectivity index (χ4v) is 4.15. The topological polar surface area (TPSA) is 128 Å². The van der Waals surface area contributed by atoms with Crippen molar-refractivity contribution >= 4 is 11.6 Å². The molecule has 0 fully saturated rings. The Hall–Kier alpha value is -3.88. The van der Waals surface area contributed by atoms with Crippen LogP contribution in [-0.2, 0) is 18.3 Å². The molecular formula is C24H23F6N5O4. The van der Waals surface area contributed by atoms with E-state index >= 15 is 0 Å². The van der Waals surface area contributed by atoms with Crippen LogP contribution in [0.2, 0.25) is 0 Å². The van der Waals surface area contributed by atoms with Gasteiger partial charge in [0.1, 0.15) is 11.4 Å². The third kappa shape index (κ3) is 5.62. The van der Waals surface area contributed by atoms with Gasteiger partial charge in [-0.15, -0.1) is 10.2 Å². The Kier molecular flexibility index (Phi) is 7.47. The summed E-state index contributed by atoms with van der Waals surface area (Å²) in [6.07, 6.45) is -11.0. The first kappa shape index (κ1) is 28.1. The Morgan fingerprint density at radius 2 is 1.77 bits per heavy atom. The first-order valence-electron chi connectivity index (χ1n) is 11.7. The predicted octanol–water partition coefficient (Wildman–Crippen LogP) is 4.71. The Morgan fingerprint density at radius 3 is 2.38 bits per heavy atom. The summed E-state index contributed by atoms with van der Waals surface area (Å²) in [5, 5.41) is 17.2. The van der Waals surface area contributed by atoms with Gasteiger partial charge in [0.2, 0.25) is 5.60 Å². The number of rotatable bonds is 3. The summed E-state index contributed by atoms with van der Waals surface area (Å²) < 4.78 is 93.6. The van der Waals surface area contributed by atoms with E-state index in [0.29, 0.717) is 17.4 Å². The lowest BCUT2D eigenvalue weighted by atomic mass is 9.95. The van der Waals surface area contributed by atoms with Crippen LogP contribution >= 0.6 is 0 Å². The molecule has 1 aliphatic rings. The van der Waals surface area contributed by atoms with Crippen molar-refractivity contribution in [2.45, 2.75) is 50.2 Å². The van der Waals surface area contributed by atoms with E-state index in [2.05, 4.69) is 15.2 Å². The van der Waals surface area contributed by atoms with E-state index in [1.54, 1.807) is 24.3 Å². The molecule has 9 nitrogen and oxygen atoms in total. The predicted molar refractivity (Wildman–Crippen MR) is 123 cm³/mol. The monoisotopic (exact) mass is 559 g/mol. The lowest BCUT2D eigenvalue weighted by Crippen LogP contribution is -2.42. The minimum atomic E-state index is -5.20. The number of hydrogen-bond donors (Lipinski definition) is 2. The molecule has 15 heteroatoms. The van der Waals surface area contributed by atoms with Crippen LogP contribution in [0.4, 0.5) is 32.0 Å². The number of alkyl halides is 6. The SMILES string of the molecule is COc1ccc(CN2CCCCCC(O)(C(F)(F)F)c3nnc(o3)-c3nc(c(C(F)(F)F)cc3N)C2=O)cc1. The summed E-state index contributed by atoms with van der Waals surface area (Å²) in [7, 11) is 1.45. The minimum absolute atomic E-state index is 0.0956.